The number of methoxy groups -OCH3 is 1. The summed E-state index contributed by atoms with van der Waals surface area (Å²) in [5.74, 6) is 0. The predicted molar refractivity (Wildman–Crippen MR) is 98.4 cm³/mol. The molecule has 2 rings (SSSR count). The van der Waals surface area contributed by atoms with Crippen molar-refractivity contribution < 1.29 is 14.6 Å². The van der Waals surface area contributed by atoms with Gasteiger partial charge in [0.15, 0.2) is 0 Å². The van der Waals surface area contributed by atoms with Crippen molar-refractivity contribution in [2.24, 2.45) is 0 Å². The number of hydrogen-bond donors (Lipinski definition) is 3. The maximum Gasteiger partial charge on any atom is 0.315 e. The Hall–Kier alpha value is -2.37. The van der Waals surface area contributed by atoms with Gasteiger partial charge >= 0.3 is 6.03 Å². The van der Waals surface area contributed by atoms with Crippen LogP contribution < -0.4 is 10.6 Å². The Morgan fingerprint density at radius 1 is 1.00 bits per heavy atom. The minimum absolute atomic E-state index is 0.167. The van der Waals surface area contributed by atoms with Crippen LogP contribution in [0, 0.1) is 0 Å². The monoisotopic (exact) mass is 342 g/mol. The van der Waals surface area contributed by atoms with Gasteiger partial charge in [0, 0.05) is 7.11 Å². The van der Waals surface area contributed by atoms with Crippen molar-refractivity contribution >= 4 is 6.03 Å². The standard InChI is InChI=1S/C20H26N2O3/c1-3-15-9-11-17(12-10-15)18(13-23)21-20(24)22-19(14-25-2)16-7-5-4-6-8-16/h4-12,18-19,23H,3,13-14H2,1-2H3,(H2,21,22,24). The zero-order valence-corrected chi connectivity index (χ0v) is 14.7. The normalized spacial score (nSPS) is 13.1. The fourth-order valence-corrected chi connectivity index (χ4v) is 2.65. The minimum atomic E-state index is -0.454. The smallest absolute Gasteiger partial charge is 0.315 e. The molecule has 5 nitrogen and oxygen atoms in total. The molecule has 0 aliphatic carbocycles. The molecule has 5 heteroatoms. The molecule has 0 heterocycles. The number of nitrogens with one attached hydrogen (secondary N) is 2. The van der Waals surface area contributed by atoms with Crippen molar-refractivity contribution in [2.45, 2.75) is 25.4 Å². The molecule has 2 aromatic carbocycles. The molecule has 0 aromatic heterocycles. The first-order valence-electron chi connectivity index (χ1n) is 8.48. The van der Waals surface area contributed by atoms with E-state index in [1.54, 1.807) is 7.11 Å². The topological polar surface area (TPSA) is 70.6 Å². The molecule has 2 atom stereocenters. The predicted octanol–water partition coefficient (Wildman–Crippen LogP) is 2.97. The van der Waals surface area contributed by atoms with Crippen LogP contribution >= 0.6 is 0 Å². The number of aliphatic hydroxyl groups excluding tert-OH is 1. The SMILES string of the molecule is CCc1ccc(C(CO)NC(=O)NC(COC)c2ccccc2)cc1. The summed E-state index contributed by atoms with van der Waals surface area (Å²) in [4.78, 5) is 12.4. The summed E-state index contributed by atoms with van der Waals surface area (Å²) in [6.45, 7) is 2.29. The highest BCUT2D eigenvalue weighted by atomic mass is 16.5. The lowest BCUT2D eigenvalue weighted by Crippen LogP contribution is -2.42. The molecule has 0 spiro atoms. The molecule has 0 fully saturated rings. The van der Waals surface area contributed by atoms with Gasteiger partial charge < -0.3 is 20.5 Å². The van der Waals surface area contributed by atoms with Crippen LogP contribution in [0.15, 0.2) is 54.6 Å². The fourth-order valence-electron chi connectivity index (χ4n) is 2.65. The van der Waals surface area contributed by atoms with Gasteiger partial charge in [-0.2, -0.15) is 0 Å². The molecule has 0 radical (unpaired) electrons. The van der Waals surface area contributed by atoms with Gasteiger partial charge in [-0.05, 0) is 23.1 Å². The molecule has 0 saturated carbocycles. The number of ether oxygens (including phenoxy) is 1. The van der Waals surface area contributed by atoms with Gasteiger partial charge in [0.05, 0.1) is 25.3 Å². The number of aliphatic hydroxyl groups is 1. The average molecular weight is 342 g/mol. The van der Waals surface area contributed by atoms with Crippen LogP contribution in [0.2, 0.25) is 0 Å². The number of benzene rings is 2. The number of urea groups is 1. The number of amides is 2. The third kappa shape index (κ3) is 5.59. The molecule has 3 N–H and O–H groups in total. The van der Waals surface area contributed by atoms with Gasteiger partial charge in [-0.15, -0.1) is 0 Å². The van der Waals surface area contributed by atoms with Crippen LogP contribution in [0.4, 0.5) is 4.79 Å². The molecule has 2 unspecified atom stereocenters. The molecular formula is C20H26N2O3. The number of carbonyl (C=O) groups excluding carboxylic acids is 1. The fraction of sp³-hybridized carbons (Fsp3) is 0.350. The van der Waals surface area contributed by atoms with E-state index in [1.807, 2.05) is 54.6 Å². The van der Waals surface area contributed by atoms with Crippen LogP contribution in [0.25, 0.3) is 0 Å². The highest BCUT2D eigenvalue weighted by Gasteiger charge is 2.18. The number of aryl methyl sites for hydroxylation is 1. The summed E-state index contributed by atoms with van der Waals surface area (Å²) in [5.41, 5.74) is 3.05. The Kier molecular flexibility index (Phi) is 7.44. The largest absolute Gasteiger partial charge is 0.394 e. The van der Waals surface area contributed by atoms with E-state index >= 15 is 0 Å². The zero-order valence-electron chi connectivity index (χ0n) is 14.7. The van der Waals surface area contributed by atoms with Crippen molar-refractivity contribution in [2.75, 3.05) is 20.3 Å². The lowest BCUT2D eigenvalue weighted by molar-refractivity contribution is 0.163. The number of carbonyl (C=O) groups is 1. The first-order valence-corrected chi connectivity index (χ1v) is 8.48. The van der Waals surface area contributed by atoms with E-state index in [-0.39, 0.29) is 18.7 Å². The summed E-state index contributed by atoms with van der Waals surface area (Å²) in [5, 5.41) is 15.4. The van der Waals surface area contributed by atoms with E-state index in [4.69, 9.17) is 4.74 Å². The maximum absolute atomic E-state index is 12.4. The summed E-state index contributed by atoms with van der Waals surface area (Å²) in [7, 11) is 1.60. The zero-order chi connectivity index (χ0) is 18.1. The first-order chi connectivity index (χ1) is 12.2. The van der Waals surface area contributed by atoms with Crippen molar-refractivity contribution in [1.29, 1.82) is 0 Å². The Morgan fingerprint density at radius 2 is 1.60 bits per heavy atom. The Balaban J connectivity index is 2.02. The van der Waals surface area contributed by atoms with Crippen molar-refractivity contribution in [3.05, 3.63) is 71.3 Å². The van der Waals surface area contributed by atoms with E-state index in [0.717, 1.165) is 17.5 Å². The second-order valence-corrected chi connectivity index (χ2v) is 5.87. The lowest BCUT2D eigenvalue weighted by atomic mass is 10.0. The van der Waals surface area contributed by atoms with Crippen molar-refractivity contribution in [3.63, 3.8) is 0 Å². The van der Waals surface area contributed by atoms with E-state index in [9.17, 15) is 9.90 Å². The number of hydrogen-bond acceptors (Lipinski definition) is 3. The quantitative estimate of drug-likeness (QED) is 0.691. The lowest BCUT2D eigenvalue weighted by Gasteiger charge is -2.22. The van der Waals surface area contributed by atoms with Crippen molar-refractivity contribution in [1.82, 2.24) is 10.6 Å². The Bertz CT molecular complexity index is 644. The first kappa shape index (κ1) is 19.0. The molecule has 2 amide bonds. The van der Waals surface area contributed by atoms with Gasteiger partial charge in [-0.1, -0.05) is 61.5 Å². The molecule has 2 aromatic rings. The summed E-state index contributed by atoms with van der Waals surface area (Å²) in [6.07, 6.45) is 0.952. The van der Waals surface area contributed by atoms with Crippen LogP contribution in [0.1, 0.15) is 35.7 Å². The number of rotatable bonds is 8. The van der Waals surface area contributed by atoms with Gasteiger partial charge in [0.2, 0.25) is 0 Å². The van der Waals surface area contributed by atoms with E-state index < -0.39 is 6.04 Å². The molecule has 0 aliphatic heterocycles. The van der Waals surface area contributed by atoms with Gasteiger partial charge in [-0.3, -0.25) is 0 Å². The molecule has 134 valence electrons. The van der Waals surface area contributed by atoms with Crippen molar-refractivity contribution in [3.8, 4) is 0 Å². The van der Waals surface area contributed by atoms with Gasteiger partial charge in [-0.25, -0.2) is 4.79 Å². The van der Waals surface area contributed by atoms with Gasteiger partial charge in [0.25, 0.3) is 0 Å². The summed E-state index contributed by atoms with van der Waals surface area (Å²) < 4.78 is 5.21. The average Bonchev–Trinajstić information content (AvgIpc) is 2.66. The molecule has 0 saturated heterocycles. The van der Waals surface area contributed by atoms with Crippen LogP contribution in [0.3, 0.4) is 0 Å². The summed E-state index contributed by atoms with van der Waals surface area (Å²) >= 11 is 0. The van der Waals surface area contributed by atoms with Crippen LogP contribution in [0.5, 0.6) is 0 Å². The molecular weight excluding hydrogens is 316 g/mol. The summed E-state index contributed by atoms with van der Waals surface area (Å²) in [6, 6.07) is 16.5. The van der Waals surface area contributed by atoms with Crippen LogP contribution in [-0.4, -0.2) is 31.5 Å². The maximum atomic E-state index is 12.4. The molecule has 25 heavy (non-hydrogen) atoms. The van der Waals surface area contributed by atoms with Gasteiger partial charge in [0.1, 0.15) is 0 Å². The Labute approximate surface area is 149 Å². The Morgan fingerprint density at radius 3 is 2.16 bits per heavy atom. The van der Waals surface area contributed by atoms with Crippen LogP contribution in [-0.2, 0) is 11.2 Å². The third-order valence-corrected chi connectivity index (χ3v) is 4.12. The van der Waals surface area contributed by atoms with E-state index in [1.165, 1.54) is 5.56 Å². The minimum Gasteiger partial charge on any atom is -0.394 e. The molecule has 0 aliphatic rings. The highest BCUT2D eigenvalue weighted by molar-refractivity contribution is 5.75. The second-order valence-electron chi connectivity index (χ2n) is 5.87. The molecule has 0 bridgehead atoms. The third-order valence-electron chi connectivity index (χ3n) is 4.12. The highest BCUT2D eigenvalue weighted by Crippen LogP contribution is 2.16. The second kappa shape index (κ2) is 9.81. The van der Waals surface area contributed by atoms with E-state index in [0.29, 0.717) is 6.61 Å². The van der Waals surface area contributed by atoms with E-state index in [2.05, 4.69) is 17.6 Å².